The molecule has 1 aromatic rings. The van der Waals surface area contributed by atoms with Crippen LogP contribution in [0.2, 0.25) is 0 Å². The Morgan fingerprint density at radius 1 is 1.06 bits per heavy atom. The van der Waals surface area contributed by atoms with Crippen molar-refractivity contribution in [3.63, 3.8) is 0 Å². The Kier molecular flexibility index (Phi) is 7.43. The Morgan fingerprint density at radius 2 is 1.82 bits per heavy atom. The quantitative estimate of drug-likeness (QED) is 0.646. The van der Waals surface area contributed by atoms with Crippen molar-refractivity contribution in [2.75, 3.05) is 26.3 Å². The van der Waals surface area contributed by atoms with E-state index in [2.05, 4.69) is 24.4 Å². The normalized spacial score (nSPS) is 10.5. The summed E-state index contributed by atoms with van der Waals surface area (Å²) < 4.78 is 5.63. The summed E-state index contributed by atoms with van der Waals surface area (Å²) >= 11 is 0. The predicted molar refractivity (Wildman–Crippen MR) is 70.5 cm³/mol. The fraction of sp³-hybridized carbons (Fsp3) is 0.571. The van der Waals surface area contributed by atoms with E-state index in [4.69, 9.17) is 9.84 Å². The standard InChI is InChI=1S/C14H23NO2/c1-13-5-7-14(8-6-13)17-12-4-2-3-9-15-10-11-16/h5-8,15-16H,2-4,9-12H2,1H3. The minimum Gasteiger partial charge on any atom is -0.494 e. The second-order valence-electron chi connectivity index (χ2n) is 4.20. The topological polar surface area (TPSA) is 41.5 Å². The lowest BCUT2D eigenvalue weighted by Gasteiger charge is -2.06. The molecule has 0 aliphatic heterocycles. The van der Waals surface area contributed by atoms with Crippen LogP contribution in [0.1, 0.15) is 24.8 Å². The first-order valence-corrected chi connectivity index (χ1v) is 6.34. The number of aliphatic hydroxyl groups is 1. The van der Waals surface area contributed by atoms with E-state index in [0.29, 0.717) is 6.54 Å². The van der Waals surface area contributed by atoms with Gasteiger partial charge in [0.25, 0.3) is 0 Å². The van der Waals surface area contributed by atoms with Crippen LogP contribution in [0.25, 0.3) is 0 Å². The van der Waals surface area contributed by atoms with Crippen molar-refractivity contribution in [2.45, 2.75) is 26.2 Å². The van der Waals surface area contributed by atoms with Gasteiger partial charge in [-0.15, -0.1) is 0 Å². The lowest BCUT2D eigenvalue weighted by molar-refractivity contribution is 0.289. The Morgan fingerprint density at radius 3 is 2.53 bits per heavy atom. The molecule has 17 heavy (non-hydrogen) atoms. The molecule has 0 aliphatic rings. The maximum absolute atomic E-state index is 8.57. The maximum atomic E-state index is 8.57. The van der Waals surface area contributed by atoms with E-state index in [1.807, 2.05) is 12.1 Å². The first-order chi connectivity index (χ1) is 8.33. The monoisotopic (exact) mass is 237 g/mol. The second kappa shape index (κ2) is 9.02. The fourth-order valence-corrected chi connectivity index (χ4v) is 1.56. The van der Waals surface area contributed by atoms with Crippen LogP contribution in [0.5, 0.6) is 5.75 Å². The van der Waals surface area contributed by atoms with Gasteiger partial charge in [-0.05, 0) is 44.9 Å². The third-order valence-corrected chi connectivity index (χ3v) is 2.58. The average Bonchev–Trinajstić information content (AvgIpc) is 2.35. The molecule has 0 aliphatic carbocycles. The Balaban J connectivity index is 1.95. The average molecular weight is 237 g/mol. The minimum absolute atomic E-state index is 0.219. The highest BCUT2D eigenvalue weighted by Gasteiger charge is 1.93. The lowest BCUT2D eigenvalue weighted by Crippen LogP contribution is -2.19. The third kappa shape index (κ3) is 6.97. The molecule has 1 aromatic carbocycles. The van der Waals surface area contributed by atoms with Gasteiger partial charge in [0.05, 0.1) is 13.2 Å². The number of unbranched alkanes of at least 4 members (excludes halogenated alkanes) is 2. The molecule has 2 N–H and O–H groups in total. The summed E-state index contributed by atoms with van der Waals surface area (Å²) in [7, 11) is 0. The summed E-state index contributed by atoms with van der Waals surface area (Å²) in [5.74, 6) is 0.953. The van der Waals surface area contributed by atoms with Crippen LogP contribution >= 0.6 is 0 Å². The van der Waals surface area contributed by atoms with Gasteiger partial charge in [-0.2, -0.15) is 0 Å². The number of benzene rings is 1. The molecule has 0 saturated heterocycles. The summed E-state index contributed by atoms with van der Waals surface area (Å²) in [6.45, 7) is 4.74. The molecule has 0 atom stereocenters. The van der Waals surface area contributed by atoms with Crippen LogP contribution < -0.4 is 10.1 Å². The van der Waals surface area contributed by atoms with E-state index >= 15 is 0 Å². The molecule has 96 valence electrons. The van der Waals surface area contributed by atoms with Crippen LogP contribution in [0.3, 0.4) is 0 Å². The second-order valence-corrected chi connectivity index (χ2v) is 4.20. The molecule has 0 bridgehead atoms. The van der Waals surface area contributed by atoms with Crippen molar-refractivity contribution in [3.05, 3.63) is 29.8 Å². The zero-order chi connectivity index (χ0) is 12.3. The van der Waals surface area contributed by atoms with Gasteiger partial charge in [-0.3, -0.25) is 0 Å². The zero-order valence-corrected chi connectivity index (χ0v) is 10.6. The van der Waals surface area contributed by atoms with Crippen LogP contribution in [-0.4, -0.2) is 31.4 Å². The molecule has 3 heteroatoms. The minimum atomic E-state index is 0.219. The molecular weight excluding hydrogens is 214 g/mol. The first-order valence-electron chi connectivity index (χ1n) is 6.34. The first kappa shape index (κ1) is 14.0. The van der Waals surface area contributed by atoms with Crippen molar-refractivity contribution in [1.29, 1.82) is 0 Å². The molecule has 3 nitrogen and oxygen atoms in total. The molecular formula is C14H23NO2. The smallest absolute Gasteiger partial charge is 0.119 e. The van der Waals surface area contributed by atoms with Crippen LogP contribution in [0.4, 0.5) is 0 Å². The van der Waals surface area contributed by atoms with Crippen molar-refractivity contribution < 1.29 is 9.84 Å². The van der Waals surface area contributed by atoms with Crippen LogP contribution in [0, 0.1) is 6.92 Å². The van der Waals surface area contributed by atoms with Gasteiger partial charge in [0.1, 0.15) is 5.75 Å². The van der Waals surface area contributed by atoms with Gasteiger partial charge in [0.2, 0.25) is 0 Å². The molecule has 0 fully saturated rings. The van der Waals surface area contributed by atoms with Gasteiger partial charge < -0.3 is 15.2 Å². The van der Waals surface area contributed by atoms with E-state index in [-0.39, 0.29) is 6.61 Å². The highest BCUT2D eigenvalue weighted by Crippen LogP contribution is 2.11. The Hall–Kier alpha value is -1.06. The number of hydrogen-bond donors (Lipinski definition) is 2. The molecule has 0 spiro atoms. The molecule has 0 amide bonds. The SMILES string of the molecule is Cc1ccc(OCCCCCNCCO)cc1. The number of nitrogens with one attached hydrogen (secondary N) is 1. The van der Waals surface area contributed by atoms with Gasteiger partial charge in [-0.25, -0.2) is 0 Å². The number of aryl methyl sites for hydroxylation is 1. The fourth-order valence-electron chi connectivity index (χ4n) is 1.56. The molecule has 0 unspecified atom stereocenters. The number of ether oxygens (including phenoxy) is 1. The predicted octanol–water partition coefficient (Wildman–Crippen LogP) is 2.13. The molecule has 1 rings (SSSR count). The summed E-state index contributed by atoms with van der Waals surface area (Å²) in [5, 5.41) is 11.7. The van der Waals surface area contributed by atoms with Gasteiger partial charge in [0, 0.05) is 6.54 Å². The van der Waals surface area contributed by atoms with Crippen molar-refractivity contribution in [1.82, 2.24) is 5.32 Å². The summed E-state index contributed by atoms with van der Waals surface area (Å²) in [4.78, 5) is 0. The van der Waals surface area contributed by atoms with Crippen molar-refractivity contribution in [3.8, 4) is 5.75 Å². The van der Waals surface area contributed by atoms with Gasteiger partial charge >= 0.3 is 0 Å². The van der Waals surface area contributed by atoms with Gasteiger partial charge in [0.15, 0.2) is 0 Å². The molecule has 0 radical (unpaired) electrons. The van der Waals surface area contributed by atoms with E-state index in [9.17, 15) is 0 Å². The summed E-state index contributed by atoms with van der Waals surface area (Å²) in [6, 6.07) is 8.15. The Bertz CT molecular complexity index is 285. The van der Waals surface area contributed by atoms with Crippen molar-refractivity contribution in [2.24, 2.45) is 0 Å². The van der Waals surface area contributed by atoms with Crippen LogP contribution in [-0.2, 0) is 0 Å². The molecule has 0 heterocycles. The summed E-state index contributed by atoms with van der Waals surface area (Å²) in [6.07, 6.45) is 3.37. The lowest BCUT2D eigenvalue weighted by atomic mass is 10.2. The Labute approximate surface area is 104 Å². The van der Waals surface area contributed by atoms with E-state index in [1.165, 1.54) is 5.56 Å². The molecule has 0 saturated carbocycles. The molecule has 0 aromatic heterocycles. The third-order valence-electron chi connectivity index (χ3n) is 2.58. The van der Waals surface area contributed by atoms with E-state index in [1.54, 1.807) is 0 Å². The highest BCUT2D eigenvalue weighted by molar-refractivity contribution is 5.26. The highest BCUT2D eigenvalue weighted by atomic mass is 16.5. The van der Waals surface area contributed by atoms with Gasteiger partial charge in [-0.1, -0.05) is 17.7 Å². The van der Waals surface area contributed by atoms with E-state index in [0.717, 1.165) is 38.2 Å². The maximum Gasteiger partial charge on any atom is 0.119 e. The number of rotatable bonds is 9. The summed E-state index contributed by atoms with van der Waals surface area (Å²) in [5.41, 5.74) is 1.26. The zero-order valence-electron chi connectivity index (χ0n) is 10.6. The largest absolute Gasteiger partial charge is 0.494 e. The number of hydrogen-bond acceptors (Lipinski definition) is 3. The van der Waals surface area contributed by atoms with E-state index < -0.39 is 0 Å². The van der Waals surface area contributed by atoms with Crippen molar-refractivity contribution >= 4 is 0 Å². The van der Waals surface area contributed by atoms with Crippen LogP contribution in [0.15, 0.2) is 24.3 Å². The number of aliphatic hydroxyl groups excluding tert-OH is 1.